The Morgan fingerprint density at radius 1 is 1.40 bits per heavy atom. The van der Waals surface area contributed by atoms with Crippen LogP contribution >= 0.6 is 11.6 Å². The number of halogens is 1. The molecule has 0 spiro atoms. The second kappa shape index (κ2) is 5.19. The highest BCUT2D eigenvalue weighted by Gasteiger charge is 2.09. The van der Waals surface area contributed by atoms with E-state index in [1.54, 1.807) is 7.11 Å². The molecule has 1 aromatic rings. The van der Waals surface area contributed by atoms with E-state index in [1.165, 1.54) is 0 Å². The molecule has 2 N–H and O–H groups in total. The molecule has 3 heteroatoms. The number of hydrogen-bond donors (Lipinski definition) is 1. The number of hydrogen-bond acceptors (Lipinski definition) is 2. The van der Waals surface area contributed by atoms with Crippen molar-refractivity contribution in [1.82, 2.24) is 0 Å². The summed E-state index contributed by atoms with van der Waals surface area (Å²) in [6.07, 6.45) is 3.86. The van der Waals surface area contributed by atoms with E-state index in [1.807, 2.05) is 32.1 Å². The van der Waals surface area contributed by atoms with E-state index in [9.17, 15) is 0 Å². The number of benzene rings is 1. The highest BCUT2D eigenvalue weighted by Crippen LogP contribution is 2.32. The summed E-state index contributed by atoms with van der Waals surface area (Å²) >= 11 is 6.10. The maximum absolute atomic E-state index is 6.10. The first-order chi connectivity index (χ1) is 7.11. The molecule has 0 saturated heterocycles. The van der Waals surface area contributed by atoms with Gasteiger partial charge in [0.05, 0.1) is 7.11 Å². The molecule has 1 rings (SSSR count). The van der Waals surface area contributed by atoms with Gasteiger partial charge in [0.2, 0.25) is 0 Å². The molecule has 0 unspecified atom stereocenters. The molecule has 0 aliphatic heterocycles. The van der Waals surface area contributed by atoms with Gasteiger partial charge >= 0.3 is 0 Å². The molecule has 1 aromatic carbocycles. The smallest absolute Gasteiger partial charge is 0.126 e. The minimum atomic E-state index is 0.521. The van der Waals surface area contributed by atoms with E-state index in [2.05, 4.69) is 0 Å². The monoisotopic (exact) mass is 225 g/mol. The lowest BCUT2D eigenvalue weighted by Crippen LogP contribution is -1.96. The van der Waals surface area contributed by atoms with Gasteiger partial charge in [-0.2, -0.15) is 0 Å². The molecule has 15 heavy (non-hydrogen) atoms. The molecular formula is C12H16ClNO. The average Bonchev–Trinajstić information content (AvgIpc) is 2.22. The first kappa shape index (κ1) is 12.1. The summed E-state index contributed by atoms with van der Waals surface area (Å²) in [5, 5.41) is 0.717. The van der Waals surface area contributed by atoms with Gasteiger partial charge in [-0.1, -0.05) is 23.8 Å². The second-order valence-corrected chi connectivity index (χ2v) is 3.78. The molecule has 82 valence electrons. The van der Waals surface area contributed by atoms with Crippen LogP contribution in [0.3, 0.4) is 0 Å². The molecule has 0 bridgehead atoms. The zero-order valence-electron chi connectivity index (χ0n) is 9.30. The van der Waals surface area contributed by atoms with Crippen LogP contribution in [0.15, 0.2) is 12.1 Å². The van der Waals surface area contributed by atoms with Gasteiger partial charge in [-0.05, 0) is 31.0 Å². The van der Waals surface area contributed by atoms with E-state index in [-0.39, 0.29) is 0 Å². The van der Waals surface area contributed by atoms with E-state index >= 15 is 0 Å². The summed E-state index contributed by atoms with van der Waals surface area (Å²) in [4.78, 5) is 0. The van der Waals surface area contributed by atoms with E-state index < -0.39 is 0 Å². The van der Waals surface area contributed by atoms with Gasteiger partial charge in [-0.3, -0.25) is 0 Å². The Labute approximate surface area is 95.7 Å². The second-order valence-electron chi connectivity index (χ2n) is 3.37. The summed E-state index contributed by atoms with van der Waals surface area (Å²) < 4.78 is 5.33. The summed E-state index contributed by atoms with van der Waals surface area (Å²) in [6, 6.07) is 1.93. The van der Waals surface area contributed by atoms with E-state index in [0.717, 1.165) is 22.4 Å². The van der Waals surface area contributed by atoms with Crippen molar-refractivity contribution in [2.75, 3.05) is 13.7 Å². The fraction of sp³-hybridized carbons (Fsp3) is 0.333. The fourth-order valence-corrected chi connectivity index (χ4v) is 1.75. The van der Waals surface area contributed by atoms with Crippen LogP contribution in [0.5, 0.6) is 5.75 Å². The van der Waals surface area contributed by atoms with Crippen LogP contribution in [0.25, 0.3) is 6.08 Å². The van der Waals surface area contributed by atoms with Crippen molar-refractivity contribution >= 4 is 17.7 Å². The van der Waals surface area contributed by atoms with Gasteiger partial charge in [-0.15, -0.1) is 0 Å². The molecule has 0 heterocycles. The van der Waals surface area contributed by atoms with Gasteiger partial charge in [0.1, 0.15) is 5.75 Å². The van der Waals surface area contributed by atoms with Gasteiger partial charge in [-0.25, -0.2) is 0 Å². The average molecular weight is 226 g/mol. The zero-order valence-corrected chi connectivity index (χ0v) is 10.1. The SMILES string of the molecule is COc1c(C)c(Cl)cc(/C=C/CN)c1C. The summed E-state index contributed by atoms with van der Waals surface area (Å²) in [5.41, 5.74) is 8.52. The van der Waals surface area contributed by atoms with E-state index in [4.69, 9.17) is 22.1 Å². The van der Waals surface area contributed by atoms with Crippen molar-refractivity contribution in [3.05, 3.63) is 33.9 Å². The third-order valence-corrected chi connectivity index (χ3v) is 2.78. The van der Waals surface area contributed by atoms with Crippen molar-refractivity contribution in [3.63, 3.8) is 0 Å². The Hall–Kier alpha value is -0.990. The molecule has 0 saturated carbocycles. The zero-order chi connectivity index (χ0) is 11.4. The minimum Gasteiger partial charge on any atom is -0.496 e. The number of methoxy groups -OCH3 is 1. The van der Waals surface area contributed by atoms with Crippen molar-refractivity contribution in [2.24, 2.45) is 5.73 Å². The normalized spacial score (nSPS) is 11.0. The molecule has 2 nitrogen and oxygen atoms in total. The predicted molar refractivity (Wildman–Crippen MR) is 65.6 cm³/mol. The van der Waals surface area contributed by atoms with Crippen LogP contribution in [0.4, 0.5) is 0 Å². The Balaban J connectivity index is 3.30. The Morgan fingerprint density at radius 2 is 2.07 bits per heavy atom. The lowest BCUT2D eigenvalue weighted by molar-refractivity contribution is 0.408. The number of rotatable bonds is 3. The summed E-state index contributed by atoms with van der Waals surface area (Å²) in [5.74, 6) is 0.846. The molecule has 0 fully saturated rings. The highest BCUT2D eigenvalue weighted by atomic mass is 35.5. The molecule has 0 radical (unpaired) electrons. The lowest BCUT2D eigenvalue weighted by atomic mass is 10.0. The maximum atomic E-state index is 6.10. The molecule has 0 aliphatic carbocycles. The standard InChI is InChI=1S/C12H16ClNO/c1-8-10(5-4-6-14)7-11(13)9(2)12(8)15-3/h4-5,7H,6,14H2,1-3H3/b5-4+. The Bertz CT molecular complexity index is 386. The topological polar surface area (TPSA) is 35.2 Å². The number of nitrogens with two attached hydrogens (primary N) is 1. The minimum absolute atomic E-state index is 0.521. The van der Waals surface area contributed by atoms with Gasteiger partial charge in [0.15, 0.2) is 0 Å². The summed E-state index contributed by atoms with van der Waals surface area (Å²) in [7, 11) is 1.65. The summed E-state index contributed by atoms with van der Waals surface area (Å²) in [6.45, 7) is 4.48. The van der Waals surface area contributed by atoms with Crippen molar-refractivity contribution in [2.45, 2.75) is 13.8 Å². The van der Waals surface area contributed by atoms with Gasteiger partial charge in [0.25, 0.3) is 0 Å². The molecule has 0 aliphatic rings. The van der Waals surface area contributed by atoms with Gasteiger partial charge in [0, 0.05) is 17.1 Å². The van der Waals surface area contributed by atoms with Crippen LogP contribution in [0.1, 0.15) is 16.7 Å². The Kier molecular flexibility index (Phi) is 4.18. The first-order valence-corrected chi connectivity index (χ1v) is 5.20. The maximum Gasteiger partial charge on any atom is 0.126 e. The lowest BCUT2D eigenvalue weighted by Gasteiger charge is -2.12. The van der Waals surface area contributed by atoms with Crippen LogP contribution in [0.2, 0.25) is 5.02 Å². The Morgan fingerprint density at radius 3 is 2.60 bits per heavy atom. The van der Waals surface area contributed by atoms with Gasteiger partial charge < -0.3 is 10.5 Å². The largest absolute Gasteiger partial charge is 0.496 e. The van der Waals surface area contributed by atoms with Crippen molar-refractivity contribution in [3.8, 4) is 5.75 Å². The van der Waals surface area contributed by atoms with Crippen LogP contribution < -0.4 is 10.5 Å². The molecule has 0 aromatic heterocycles. The first-order valence-electron chi connectivity index (χ1n) is 4.82. The molecular weight excluding hydrogens is 210 g/mol. The van der Waals surface area contributed by atoms with Crippen molar-refractivity contribution < 1.29 is 4.74 Å². The highest BCUT2D eigenvalue weighted by molar-refractivity contribution is 6.31. The predicted octanol–water partition coefficient (Wildman–Crippen LogP) is 2.94. The van der Waals surface area contributed by atoms with Crippen molar-refractivity contribution in [1.29, 1.82) is 0 Å². The van der Waals surface area contributed by atoms with Crippen LogP contribution in [0, 0.1) is 13.8 Å². The quantitative estimate of drug-likeness (QED) is 0.859. The molecule has 0 amide bonds. The third-order valence-electron chi connectivity index (χ3n) is 2.39. The fourth-order valence-electron chi connectivity index (χ4n) is 1.55. The molecule has 0 atom stereocenters. The van der Waals surface area contributed by atoms with E-state index in [0.29, 0.717) is 11.6 Å². The van der Waals surface area contributed by atoms with Crippen LogP contribution in [-0.4, -0.2) is 13.7 Å². The number of ether oxygens (including phenoxy) is 1. The van der Waals surface area contributed by atoms with Crippen LogP contribution in [-0.2, 0) is 0 Å². The third kappa shape index (κ3) is 2.52.